The van der Waals surface area contributed by atoms with Gasteiger partial charge in [0, 0.05) is 6.61 Å². The molecule has 0 N–H and O–H groups in total. The minimum Gasteiger partial charge on any atom is -0.377 e. The van der Waals surface area contributed by atoms with E-state index in [0.29, 0.717) is 0 Å². The van der Waals surface area contributed by atoms with Crippen LogP contribution in [0.4, 0.5) is 0 Å². The fourth-order valence-electron chi connectivity index (χ4n) is 1.86. The Morgan fingerprint density at radius 2 is 1.50 bits per heavy atom. The van der Waals surface area contributed by atoms with Crippen molar-refractivity contribution in [1.82, 2.24) is 0 Å². The van der Waals surface area contributed by atoms with Crippen LogP contribution in [0.25, 0.3) is 11.1 Å². The lowest BCUT2D eigenvalue weighted by molar-refractivity contribution is 0.118. The molecule has 0 aliphatic heterocycles. The molecule has 0 fully saturated rings. The Morgan fingerprint density at radius 3 is 2.17 bits per heavy atom. The predicted molar refractivity (Wildman–Crippen MR) is 76.4 cm³/mol. The lowest BCUT2D eigenvalue weighted by Crippen LogP contribution is -1.94. The lowest BCUT2D eigenvalue weighted by Gasteiger charge is -2.05. The van der Waals surface area contributed by atoms with Gasteiger partial charge in [-0.05, 0) is 23.1 Å². The molecule has 0 saturated heterocycles. The molecule has 0 bridgehead atoms. The van der Waals surface area contributed by atoms with Crippen LogP contribution >= 0.6 is 0 Å². The number of rotatable bonds is 6. The summed E-state index contributed by atoms with van der Waals surface area (Å²) in [6.07, 6.45) is 2.33. The minimum absolute atomic E-state index is 0.717. The summed E-state index contributed by atoms with van der Waals surface area (Å²) in [4.78, 5) is 0. The molecule has 0 radical (unpaired) electrons. The van der Waals surface area contributed by atoms with Crippen LogP contribution in [0, 0.1) is 0 Å². The van der Waals surface area contributed by atoms with E-state index in [2.05, 4.69) is 55.5 Å². The summed E-state index contributed by atoms with van der Waals surface area (Å²) < 4.78 is 5.61. The van der Waals surface area contributed by atoms with Crippen molar-refractivity contribution in [2.75, 3.05) is 6.61 Å². The summed E-state index contributed by atoms with van der Waals surface area (Å²) in [7, 11) is 0. The Balaban J connectivity index is 1.94. The highest BCUT2D eigenvalue weighted by Gasteiger charge is 1.97. The third kappa shape index (κ3) is 3.71. The van der Waals surface area contributed by atoms with Crippen molar-refractivity contribution in [1.29, 1.82) is 0 Å². The molecule has 18 heavy (non-hydrogen) atoms. The molecule has 0 aliphatic rings. The van der Waals surface area contributed by atoms with Crippen LogP contribution in [0.15, 0.2) is 54.6 Å². The number of hydrogen-bond acceptors (Lipinski definition) is 1. The van der Waals surface area contributed by atoms with Gasteiger partial charge < -0.3 is 4.74 Å². The average Bonchev–Trinajstić information content (AvgIpc) is 2.45. The lowest BCUT2D eigenvalue weighted by atomic mass is 10.0. The van der Waals surface area contributed by atoms with Crippen molar-refractivity contribution < 1.29 is 4.74 Å². The zero-order valence-electron chi connectivity index (χ0n) is 10.9. The molecule has 0 unspecified atom stereocenters. The first-order valence-electron chi connectivity index (χ1n) is 6.62. The van der Waals surface area contributed by atoms with Crippen molar-refractivity contribution >= 4 is 0 Å². The standard InChI is InChI=1S/C17H20O/c1-2-3-13-18-14-15-9-11-17(12-10-15)16-7-5-4-6-8-16/h4-12H,2-3,13-14H2,1H3. The Labute approximate surface area is 109 Å². The van der Waals surface area contributed by atoms with E-state index in [4.69, 9.17) is 4.74 Å². The molecular weight excluding hydrogens is 220 g/mol. The van der Waals surface area contributed by atoms with Crippen LogP contribution in [0.1, 0.15) is 25.3 Å². The largest absolute Gasteiger partial charge is 0.377 e. The predicted octanol–water partition coefficient (Wildman–Crippen LogP) is 4.67. The van der Waals surface area contributed by atoms with Gasteiger partial charge in [0.2, 0.25) is 0 Å². The Kier molecular flexibility index (Phi) is 4.98. The second kappa shape index (κ2) is 6.97. The fourth-order valence-corrected chi connectivity index (χ4v) is 1.86. The van der Waals surface area contributed by atoms with Crippen LogP contribution in [0.5, 0.6) is 0 Å². The van der Waals surface area contributed by atoms with Crippen molar-refractivity contribution in [3.8, 4) is 11.1 Å². The van der Waals surface area contributed by atoms with E-state index in [1.807, 2.05) is 6.07 Å². The minimum atomic E-state index is 0.717. The molecule has 0 aliphatic carbocycles. The second-order valence-electron chi connectivity index (χ2n) is 4.47. The molecule has 0 saturated carbocycles. The smallest absolute Gasteiger partial charge is 0.0716 e. The molecule has 0 atom stereocenters. The van der Waals surface area contributed by atoms with Gasteiger partial charge in [-0.1, -0.05) is 67.9 Å². The molecule has 2 rings (SSSR count). The van der Waals surface area contributed by atoms with Crippen molar-refractivity contribution in [2.24, 2.45) is 0 Å². The molecule has 2 aromatic carbocycles. The normalized spacial score (nSPS) is 10.5. The van der Waals surface area contributed by atoms with Gasteiger partial charge in [0.05, 0.1) is 6.61 Å². The number of ether oxygens (including phenoxy) is 1. The quantitative estimate of drug-likeness (QED) is 0.667. The summed E-state index contributed by atoms with van der Waals surface area (Å²) in [5, 5.41) is 0. The van der Waals surface area contributed by atoms with Crippen LogP contribution < -0.4 is 0 Å². The third-order valence-corrected chi connectivity index (χ3v) is 2.97. The van der Waals surface area contributed by atoms with E-state index in [1.54, 1.807) is 0 Å². The van der Waals surface area contributed by atoms with Crippen LogP contribution in [0.3, 0.4) is 0 Å². The van der Waals surface area contributed by atoms with Gasteiger partial charge in [-0.25, -0.2) is 0 Å². The zero-order chi connectivity index (χ0) is 12.6. The van der Waals surface area contributed by atoms with E-state index in [-0.39, 0.29) is 0 Å². The van der Waals surface area contributed by atoms with E-state index in [9.17, 15) is 0 Å². The van der Waals surface area contributed by atoms with Gasteiger partial charge in [0.1, 0.15) is 0 Å². The highest BCUT2D eigenvalue weighted by Crippen LogP contribution is 2.19. The Hall–Kier alpha value is -1.60. The molecular formula is C17H20O. The van der Waals surface area contributed by atoms with Crippen molar-refractivity contribution in [3.63, 3.8) is 0 Å². The SMILES string of the molecule is CCCCOCc1ccc(-c2ccccc2)cc1. The number of unbranched alkanes of at least 4 members (excludes halogenated alkanes) is 1. The Bertz CT molecular complexity index is 445. The van der Waals surface area contributed by atoms with Gasteiger partial charge in [-0.3, -0.25) is 0 Å². The molecule has 1 heteroatoms. The topological polar surface area (TPSA) is 9.23 Å². The average molecular weight is 240 g/mol. The maximum Gasteiger partial charge on any atom is 0.0716 e. The van der Waals surface area contributed by atoms with Crippen LogP contribution in [-0.2, 0) is 11.3 Å². The summed E-state index contributed by atoms with van der Waals surface area (Å²) in [5.41, 5.74) is 3.76. The maximum absolute atomic E-state index is 5.61. The molecule has 0 aromatic heterocycles. The van der Waals surface area contributed by atoms with E-state index >= 15 is 0 Å². The highest BCUT2D eigenvalue weighted by atomic mass is 16.5. The first-order valence-corrected chi connectivity index (χ1v) is 6.62. The summed E-state index contributed by atoms with van der Waals surface area (Å²) in [6.45, 7) is 3.75. The molecule has 0 amide bonds. The summed E-state index contributed by atoms with van der Waals surface area (Å²) in [6, 6.07) is 19.1. The molecule has 0 heterocycles. The highest BCUT2D eigenvalue weighted by molar-refractivity contribution is 5.63. The van der Waals surface area contributed by atoms with Gasteiger partial charge in [0.25, 0.3) is 0 Å². The molecule has 1 nitrogen and oxygen atoms in total. The van der Waals surface area contributed by atoms with Gasteiger partial charge >= 0.3 is 0 Å². The summed E-state index contributed by atoms with van der Waals surface area (Å²) >= 11 is 0. The van der Waals surface area contributed by atoms with Gasteiger partial charge in [-0.2, -0.15) is 0 Å². The molecule has 0 spiro atoms. The summed E-state index contributed by atoms with van der Waals surface area (Å²) in [5.74, 6) is 0. The molecule has 94 valence electrons. The van der Waals surface area contributed by atoms with E-state index in [1.165, 1.54) is 23.1 Å². The first-order chi connectivity index (χ1) is 8.90. The molecule has 2 aromatic rings. The van der Waals surface area contributed by atoms with E-state index in [0.717, 1.165) is 19.6 Å². The second-order valence-corrected chi connectivity index (χ2v) is 4.47. The van der Waals surface area contributed by atoms with Gasteiger partial charge in [0.15, 0.2) is 0 Å². The number of benzene rings is 2. The van der Waals surface area contributed by atoms with Crippen LogP contribution in [-0.4, -0.2) is 6.61 Å². The monoisotopic (exact) mass is 240 g/mol. The van der Waals surface area contributed by atoms with Gasteiger partial charge in [-0.15, -0.1) is 0 Å². The zero-order valence-corrected chi connectivity index (χ0v) is 10.9. The van der Waals surface area contributed by atoms with Crippen LogP contribution in [0.2, 0.25) is 0 Å². The Morgan fingerprint density at radius 1 is 0.833 bits per heavy atom. The van der Waals surface area contributed by atoms with E-state index < -0.39 is 0 Å². The third-order valence-electron chi connectivity index (χ3n) is 2.97. The van der Waals surface area contributed by atoms with Crippen molar-refractivity contribution in [3.05, 3.63) is 60.2 Å². The first kappa shape index (κ1) is 12.8. The fraction of sp³-hybridized carbons (Fsp3) is 0.294. The van der Waals surface area contributed by atoms with Crippen molar-refractivity contribution in [2.45, 2.75) is 26.4 Å². The maximum atomic E-state index is 5.61. The number of hydrogen-bond donors (Lipinski definition) is 0.